The quantitative estimate of drug-likeness (QED) is 0.717. The lowest BCUT2D eigenvalue weighted by molar-refractivity contribution is 0.211. The molecule has 1 aliphatic carbocycles. The highest BCUT2D eigenvalue weighted by Gasteiger charge is 2.11. The first-order valence-corrected chi connectivity index (χ1v) is 4.79. The number of furan rings is 1. The Labute approximate surface area is 77.9 Å². The van der Waals surface area contributed by atoms with E-state index in [1.165, 1.54) is 0 Å². The summed E-state index contributed by atoms with van der Waals surface area (Å²) in [6.07, 6.45) is 7.45. The SMILES string of the molecule is OC1C=C(c2ccco2)CCCC1. The van der Waals surface area contributed by atoms with Crippen molar-refractivity contribution in [1.82, 2.24) is 0 Å². The standard InChI is InChI=1S/C11H14O2/c12-10-5-2-1-4-9(8-10)11-6-3-7-13-11/h3,6-8,10,12H,1-2,4-5H2. The van der Waals surface area contributed by atoms with Crippen molar-refractivity contribution in [1.29, 1.82) is 0 Å². The van der Waals surface area contributed by atoms with Crippen molar-refractivity contribution in [3.8, 4) is 0 Å². The molecular formula is C11H14O2. The Kier molecular flexibility index (Phi) is 2.50. The van der Waals surface area contributed by atoms with Gasteiger partial charge in [0.1, 0.15) is 5.76 Å². The Morgan fingerprint density at radius 3 is 3.08 bits per heavy atom. The van der Waals surface area contributed by atoms with Crippen LogP contribution >= 0.6 is 0 Å². The molecule has 2 heteroatoms. The van der Waals surface area contributed by atoms with Crippen molar-refractivity contribution >= 4 is 5.57 Å². The third-order valence-corrected chi connectivity index (χ3v) is 2.43. The molecule has 1 aliphatic rings. The molecule has 1 aromatic heterocycles. The van der Waals surface area contributed by atoms with Crippen molar-refractivity contribution in [3.05, 3.63) is 30.2 Å². The third kappa shape index (κ3) is 2.01. The molecule has 0 radical (unpaired) electrons. The minimum Gasteiger partial charge on any atom is -0.465 e. The number of aliphatic hydroxyl groups is 1. The van der Waals surface area contributed by atoms with E-state index in [4.69, 9.17) is 4.42 Å². The topological polar surface area (TPSA) is 33.4 Å². The molecule has 0 spiro atoms. The van der Waals surface area contributed by atoms with Gasteiger partial charge in [0.05, 0.1) is 12.4 Å². The lowest BCUT2D eigenvalue weighted by Gasteiger charge is -2.01. The van der Waals surface area contributed by atoms with Crippen LogP contribution in [0.15, 0.2) is 28.9 Å². The van der Waals surface area contributed by atoms with E-state index in [-0.39, 0.29) is 6.10 Å². The summed E-state index contributed by atoms with van der Waals surface area (Å²) in [6, 6.07) is 3.83. The van der Waals surface area contributed by atoms with Gasteiger partial charge in [0.2, 0.25) is 0 Å². The minimum absolute atomic E-state index is 0.289. The molecule has 1 N–H and O–H groups in total. The molecule has 0 aliphatic heterocycles. The van der Waals surface area contributed by atoms with E-state index in [2.05, 4.69) is 0 Å². The summed E-state index contributed by atoms with van der Waals surface area (Å²) >= 11 is 0. The van der Waals surface area contributed by atoms with E-state index in [0.29, 0.717) is 0 Å². The summed E-state index contributed by atoms with van der Waals surface area (Å²) < 4.78 is 5.30. The fourth-order valence-corrected chi connectivity index (χ4v) is 1.73. The molecule has 0 bridgehead atoms. The van der Waals surface area contributed by atoms with E-state index >= 15 is 0 Å². The van der Waals surface area contributed by atoms with Gasteiger partial charge < -0.3 is 9.52 Å². The van der Waals surface area contributed by atoms with Gasteiger partial charge in [-0.1, -0.05) is 6.42 Å². The molecule has 0 aromatic carbocycles. The fourth-order valence-electron chi connectivity index (χ4n) is 1.73. The van der Waals surface area contributed by atoms with Crippen LogP contribution in [0.4, 0.5) is 0 Å². The zero-order chi connectivity index (χ0) is 9.10. The van der Waals surface area contributed by atoms with E-state index in [0.717, 1.165) is 37.0 Å². The van der Waals surface area contributed by atoms with Gasteiger partial charge in [0, 0.05) is 0 Å². The average molecular weight is 178 g/mol. The number of hydrogen-bond acceptors (Lipinski definition) is 2. The summed E-state index contributed by atoms with van der Waals surface area (Å²) in [7, 11) is 0. The number of aliphatic hydroxyl groups excluding tert-OH is 1. The van der Waals surface area contributed by atoms with Crippen molar-refractivity contribution < 1.29 is 9.52 Å². The summed E-state index contributed by atoms with van der Waals surface area (Å²) in [5.41, 5.74) is 1.15. The second-order valence-corrected chi connectivity index (χ2v) is 3.48. The van der Waals surface area contributed by atoms with E-state index < -0.39 is 0 Å². The fraction of sp³-hybridized carbons (Fsp3) is 0.455. The van der Waals surface area contributed by atoms with Gasteiger partial charge in [-0.25, -0.2) is 0 Å². The monoisotopic (exact) mass is 178 g/mol. The Bertz CT molecular complexity index is 285. The van der Waals surface area contributed by atoms with Crippen LogP contribution in [0.25, 0.3) is 5.57 Å². The predicted octanol–water partition coefficient (Wildman–Crippen LogP) is 2.60. The summed E-state index contributed by atoms with van der Waals surface area (Å²) in [5.74, 6) is 0.904. The smallest absolute Gasteiger partial charge is 0.129 e. The zero-order valence-electron chi connectivity index (χ0n) is 7.57. The van der Waals surface area contributed by atoms with Crippen LogP contribution < -0.4 is 0 Å². The van der Waals surface area contributed by atoms with Gasteiger partial charge in [-0.05, 0) is 43.0 Å². The molecule has 0 saturated carbocycles. The van der Waals surface area contributed by atoms with Crippen molar-refractivity contribution in [3.63, 3.8) is 0 Å². The van der Waals surface area contributed by atoms with Crippen molar-refractivity contribution in [2.75, 3.05) is 0 Å². The highest BCUT2D eigenvalue weighted by molar-refractivity contribution is 5.61. The Hall–Kier alpha value is -1.02. The van der Waals surface area contributed by atoms with Gasteiger partial charge in [0.15, 0.2) is 0 Å². The third-order valence-electron chi connectivity index (χ3n) is 2.43. The van der Waals surface area contributed by atoms with Crippen LogP contribution in [-0.4, -0.2) is 11.2 Å². The molecule has 1 aromatic rings. The number of hydrogen-bond donors (Lipinski definition) is 1. The molecule has 1 heterocycles. The molecule has 70 valence electrons. The Morgan fingerprint density at radius 1 is 1.38 bits per heavy atom. The molecule has 13 heavy (non-hydrogen) atoms. The minimum atomic E-state index is -0.289. The van der Waals surface area contributed by atoms with Crippen molar-refractivity contribution in [2.45, 2.75) is 31.8 Å². The second-order valence-electron chi connectivity index (χ2n) is 3.48. The lowest BCUT2D eigenvalue weighted by atomic mass is 10.1. The van der Waals surface area contributed by atoms with Gasteiger partial charge >= 0.3 is 0 Å². The highest BCUT2D eigenvalue weighted by atomic mass is 16.3. The van der Waals surface area contributed by atoms with E-state index in [1.54, 1.807) is 6.26 Å². The van der Waals surface area contributed by atoms with Gasteiger partial charge in [-0.2, -0.15) is 0 Å². The average Bonchev–Trinajstić information content (AvgIpc) is 2.56. The second kappa shape index (κ2) is 3.79. The van der Waals surface area contributed by atoms with Gasteiger partial charge in [-0.3, -0.25) is 0 Å². The van der Waals surface area contributed by atoms with Crippen LogP contribution in [0.1, 0.15) is 31.4 Å². The largest absolute Gasteiger partial charge is 0.465 e. The first kappa shape index (κ1) is 8.57. The maximum Gasteiger partial charge on any atom is 0.129 e. The molecule has 2 rings (SSSR count). The van der Waals surface area contributed by atoms with Crippen LogP contribution in [0.3, 0.4) is 0 Å². The summed E-state index contributed by atoms with van der Waals surface area (Å²) in [5, 5.41) is 9.54. The van der Waals surface area contributed by atoms with Crippen LogP contribution in [0.2, 0.25) is 0 Å². The first-order valence-electron chi connectivity index (χ1n) is 4.79. The lowest BCUT2D eigenvalue weighted by Crippen LogP contribution is -1.99. The van der Waals surface area contributed by atoms with Gasteiger partial charge in [-0.15, -0.1) is 0 Å². The van der Waals surface area contributed by atoms with Crippen LogP contribution in [0.5, 0.6) is 0 Å². The highest BCUT2D eigenvalue weighted by Crippen LogP contribution is 2.26. The Morgan fingerprint density at radius 2 is 2.31 bits per heavy atom. The number of allylic oxidation sites excluding steroid dienone is 1. The van der Waals surface area contributed by atoms with Crippen molar-refractivity contribution in [2.24, 2.45) is 0 Å². The normalized spacial score (nSPS) is 23.8. The van der Waals surface area contributed by atoms with Crippen LogP contribution in [-0.2, 0) is 0 Å². The molecule has 1 atom stereocenters. The molecule has 0 saturated heterocycles. The maximum absolute atomic E-state index is 9.54. The van der Waals surface area contributed by atoms with E-state index in [9.17, 15) is 5.11 Å². The molecule has 0 amide bonds. The molecular weight excluding hydrogens is 164 g/mol. The molecule has 0 fully saturated rings. The predicted molar refractivity (Wildman–Crippen MR) is 51.2 cm³/mol. The maximum atomic E-state index is 9.54. The summed E-state index contributed by atoms with van der Waals surface area (Å²) in [4.78, 5) is 0. The first-order chi connectivity index (χ1) is 6.36. The van der Waals surface area contributed by atoms with E-state index in [1.807, 2.05) is 18.2 Å². The Balaban J connectivity index is 2.21. The summed E-state index contributed by atoms with van der Waals surface area (Å²) in [6.45, 7) is 0. The zero-order valence-corrected chi connectivity index (χ0v) is 7.57. The van der Waals surface area contributed by atoms with Crippen LogP contribution in [0, 0.1) is 0 Å². The molecule has 2 nitrogen and oxygen atoms in total. The number of rotatable bonds is 1. The van der Waals surface area contributed by atoms with Gasteiger partial charge in [0.25, 0.3) is 0 Å². The molecule has 1 unspecified atom stereocenters.